The normalized spacial score (nSPS) is 18.9. The van der Waals surface area contributed by atoms with E-state index in [0.717, 1.165) is 12.8 Å². The average Bonchev–Trinajstić information content (AvgIpc) is 2.85. The lowest BCUT2D eigenvalue weighted by atomic mass is 10.2. The number of carbonyl (C=O) groups is 1. The number of rotatable bonds is 3. The lowest BCUT2D eigenvalue weighted by molar-refractivity contribution is 0.0857. The summed E-state index contributed by atoms with van der Waals surface area (Å²) in [6.45, 7) is 0.930. The largest absolute Gasteiger partial charge is 0.376 e. The zero-order chi connectivity index (χ0) is 13.1. The fraction of sp³-hybridized carbons (Fsp3) is 0.417. The lowest BCUT2D eigenvalue weighted by Crippen LogP contribution is -2.31. The van der Waals surface area contributed by atoms with Gasteiger partial charge in [0.05, 0.1) is 6.10 Å². The van der Waals surface area contributed by atoms with Crippen LogP contribution in [-0.2, 0) is 4.74 Å². The number of halogens is 3. The third kappa shape index (κ3) is 2.81. The Bertz CT molecular complexity index is 436. The maximum atomic E-state index is 12.9. The van der Waals surface area contributed by atoms with Crippen LogP contribution >= 0.6 is 0 Å². The highest BCUT2D eigenvalue weighted by molar-refractivity contribution is 5.94. The van der Waals surface area contributed by atoms with Gasteiger partial charge in [-0.2, -0.15) is 0 Å². The van der Waals surface area contributed by atoms with Crippen LogP contribution in [0.1, 0.15) is 23.2 Å². The van der Waals surface area contributed by atoms with Gasteiger partial charge in [-0.05, 0) is 25.0 Å². The van der Waals surface area contributed by atoms with Gasteiger partial charge in [0, 0.05) is 18.7 Å². The van der Waals surface area contributed by atoms with Crippen LogP contribution in [0.3, 0.4) is 0 Å². The maximum absolute atomic E-state index is 12.9. The second-order valence-corrected chi connectivity index (χ2v) is 4.10. The number of hydrogen-bond acceptors (Lipinski definition) is 2. The summed E-state index contributed by atoms with van der Waals surface area (Å²) in [5, 5.41) is 2.50. The van der Waals surface area contributed by atoms with E-state index in [4.69, 9.17) is 4.74 Å². The summed E-state index contributed by atoms with van der Waals surface area (Å²) in [5.41, 5.74) is -0.246. The summed E-state index contributed by atoms with van der Waals surface area (Å²) < 4.78 is 43.8. The summed E-state index contributed by atoms with van der Waals surface area (Å²) in [4.78, 5) is 11.6. The van der Waals surface area contributed by atoms with Crippen molar-refractivity contribution < 1.29 is 22.7 Å². The first-order valence-corrected chi connectivity index (χ1v) is 5.62. The van der Waals surface area contributed by atoms with Crippen molar-refractivity contribution in [3.8, 4) is 0 Å². The fourth-order valence-corrected chi connectivity index (χ4v) is 1.80. The van der Waals surface area contributed by atoms with E-state index in [0.29, 0.717) is 18.7 Å². The minimum atomic E-state index is -1.58. The molecule has 0 radical (unpaired) electrons. The van der Waals surface area contributed by atoms with E-state index >= 15 is 0 Å². The van der Waals surface area contributed by atoms with Crippen molar-refractivity contribution >= 4 is 5.91 Å². The second kappa shape index (κ2) is 5.39. The quantitative estimate of drug-likeness (QED) is 0.843. The van der Waals surface area contributed by atoms with Crippen LogP contribution in [0, 0.1) is 17.5 Å². The molecule has 1 aromatic carbocycles. The van der Waals surface area contributed by atoms with Crippen LogP contribution in [0.15, 0.2) is 12.1 Å². The van der Waals surface area contributed by atoms with Crippen LogP contribution in [-0.4, -0.2) is 25.2 Å². The summed E-state index contributed by atoms with van der Waals surface area (Å²) in [6.07, 6.45) is 1.70. The summed E-state index contributed by atoms with van der Waals surface area (Å²) in [7, 11) is 0. The maximum Gasteiger partial charge on any atom is 0.251 e. The molecule has 1 aliphatic heterocycles. The molecule has 6 heteroatoms. The highest BCUT2D eigenvalue weighted by Gasteiger charge is 2.18. The van der Waals surface area contributed by atoms with Gasteiger partial charge in [0.15, 0.2) is 17.5 Å². The van der Waals surface area contributed by atoms with Gasteiger partial charge in [0.2, 0.25) is 0 Å². The molecule has 1 unspecified atom stereocenters. The minimum absolute atomic E-state index is 0.0657. The molecule has 0 bridgehead atoms. The molecular formula is C12H12F3NO2. The van der Waals surface area contributed by atoms with Crippen molar-refractivity contribution in [2.75, 3.05) is 13.2 Å². The highest BCUT2D eigenvalue weighted by atomic mass is 19.2. The third-order valence-electron chi connectivity index (χ3n) is 2.76. The zero-order valence-corrected chi connectivity index (χ0v) is 9.51. The van der Waals surface area contributed by atoms with Crippen LogP contribution in [0.4, 0.5) is 13.2 Å². The Balaban J connectivity index is 2.00. The summed E-state index contributed by atoms with van der Waals surface area (Å²) in [6, 6.07) is 1.34. The Morgan fingerprint density at radius 3 is 2.56 bits per heavy atom. The van der Waals surface area contributed by atoms with Crippen LogP contribution in [0.5, 0.6) is 0 Å². The number of nitrogens with one attached hydrogen (secondary N) is 1. The molecule has 1 atom stereocenters. The molecule has 98 valence electrons. The zero-order valence-electron chi connectivity index (χ0n) is 9.51. The van der Waals surface area contributed by atoms with Gasteiger partial charge >= 0.3 is 0 Å². The molecule has 1 aliphatic rings. The van der Waals surface area contributed by atoms with Crippen LogP contribution < -0.4 is 5.32 Å². The van der Waals surface area contributed by atoms with Gasteiger partial charge < -0.3 is 10.1 Å². The number of benzene rings is 1. The Hall–Kier alpha value is -1.56. The molecule has 0 spiro atoms. The molecule has 1 fully saturated rings. The van der Waals surface area contributed by atoms with Crippen molar-refractivity contribution in [1.82, 2.24) is 5.32 Å². The first-order valence-electron chi connectivity index (χ1n) is 5.62. The topological polar surface area (TPSA) is 38.3 Å². The molecule has 18 heavy (non-hydrogen) atoms. The Labute approximate surface area is 102 Å². The monoisotopic (exact) mass is 259 g/mol. The molecule has 1 amide bonds. The Morgan fingerprint density at radius 2 is 2.00 bits per heavy atom. The molecule has 3 nitrogen and oxygen atoms in total. The van der Waals surface area contributed by atoms with Gasteiger partial charge in [-0.15, -0.1) is 0 Å². The summed E-state index contributed by atoms with van der Waals surface area (Å²) >= 11 is 0. The van der Waals surface area contributed by atoms with Crippen molar-refractivity contribution in [2.24, 2.45) is 0 Å². The second-order valence-electron chi connectivity index (χ2n) is 4.10. The van der Waals surface area contributed by atoms with E-state index in [-0.39, 0.29) is 18.2 Å². The van der Waals surface area contributed by atoms with E-state index in [9.17, 15) is 18.0 Å². The molecule has 0 aliphatic carbocycles. The van der Waals surface area contributed by atoms with Crippen LogP contribution in [0.25, 0.3) is 0 Å². The van der Waals surface area contributed by atoms with Gasteiger partial charge in [0.1, 0.15) is 0 Å². The standard InChI is InChI=1S/C12H12F3NO2/c13-9-4-7(5-10(14)11(9)15)12(17)16-6-8-2-1-3-18-8/h4-5,8H,1-3,6H2,(H,16,17). The van der Waals surface area contributed by atoms with Gasteiger partial charge in [0.25, 0.3) is 5.91 Å². The highest BCUT2D eigenvalue weighted by Crippen LogP contribution is 2.14. The predicted molar refractivity (Wildman–Crippen MR) is 57.6 cm³/mol. The van der Waals surface area contributed by atoms with Gasteiger partial charge in [-0.3, -0.25) is 4.79 Å². The van der Waals surface area contributed by atoms with Crippen molar-refractivity contribution in [2.45, 2.75) is 18.9 Å². The number of carbonyl (C=O) groups excluding carboxylic acids is 1. The van der Waals surface area contributed by atoms with E-state index in [1.165, 1.54) is 0 Å². The van der Waals surface area contributed by atoms with E-state index in [2.05, 4.69) is 5.32 Å². The Kier molecular flexibility index (Phi) is 3.86. The first kappa shape index (κ1) is 12.9. The van der Waals surface area contributed by atoms with E-state index in [1.54, 1.807) is 0 Å². The molecule has 1 saturated heterocycles. The molecule has 1 heterocycles. The molecule has 1 aromatic rings. The molecule has 1 N–H and O–H groups in total. The predicted octanol–water partition coefficient (Wildman–Crippen LogP) is 2.01. The molecule has 0 aromatic heterocycles. The molecule has 2 rings (SSSR count). The SMILES string of the molecule is O=C(NCC1CCCO1)c1cc(F)c(F)c(F)c1. The van der Waals surface area contributed by atoms with Gasteiger partial charge in [-0.25, -0.2) is 13.2 Å². The first-order chi connectivity index (χ1) is 8.58. The molecule has 0 saturated carbocycles. The smallest absolute Gasteiger partial charge is 0.251 e. The number of hydrogen-bond donors (Lipinski definition) is 1. The van der Waals surface area contributed by atoms with Crippen LogP contribution in [0.2, 0.25) is 0 Å². The summed E-state index contributed by atoms with van der Waals surface area (Å²) in [5.74, 6) is -4.98. The van der Waals surface area contributed by atoms with E-state index < -0.39 is 23.4 Å². The fourth-order valence-electron chi connectivity index (χ4n) is 1.80. The van der Waals surface area contributed by atoms with Gasteiger partial charge in [-0.1, -0.05) is 0 Å². The Morgan fingerprint density at radius 1 is 1.33 bits per heavy atom. The molecular weight excluding hydrogens is 247 g/mol. The number of ether oxygens (including phenoxy) is 1. The van der Waals surface area contributed by atoms with E-state index in [1.807, 2.05) is 0 Å². The van der Waals surface area contributed by atoms with Crippen molar-refractivity contribution in [3.05, 3.63) is 35.1 Å². The number of amides is 1. The van der Waals surface area contributed by atoms with Crippen molar-refractivity contribution in [3.63, 3.8) is 0 Å². The minimum Gasteiger partial charge on any atom is -0.376 e. The lowest BCUT2D eigenvalue weighted by Gasteiger charge is -2.11. The van der Waals surface area contributed by atoms with Crippen molar-refractivity contribution in [1.29, 1.82) is 0 Å². The average molecular weight is 259 g/mol. The third-order valence-corrected chi connectivity index (χ3v) is 2.76.